The van der Waals surface area contributed by atoms with Crippen LogP contribution in [0.15, 0.2) is 48.5 Å². The Balaban J connectivity index is 1.79. The molecule has 0 aliphatic heterocycles. The van der Waals surface area contributed by atoms with Crippen molar-refractivity contribution < 1.29 is 4.39 Å². The quantitative estimate of drug-likeness (QED) is 0.825. The average Bonchev–Trinajstić information content (AvgIpc) is 3.29. The van der Waals surface area contributed by atoms with E-state index in [0.717, 1.165) is 29.1 Å². The van der Waals surface area contributed by atoms with Gasteiger partial charge in [-0.25, -0.2) is 4.39 Å². The van der Waals surface area contributed by atoms with Crippen molar-refractivity contribution in [3.63, 3.8) is 0 Å². The first kappa shape index (κ1) is 14.6. The highest BCUT2D eigenvalue weighted by atomic mass is 35.5. The first-order valence-corrected chi connectivity index (χ1v) is 7.82. The minimum atomic E-state index is -0.178. The van der Waals surface area contributed by atoms with Crippen molar-refractivity contribution in [2.45, 2.75) is 31.2 Å². The number of halogens is 2. The smallest absolute Gasteiger partial charge is 0.123 e. The molecule has 2 aromatic carbocycles. The van der Waals surface area contributed by atoms with E-state index in [1.54, 1.807) is 12.1 Å². The summed E-state index contributed by atoms with van der Waals surface area (Å²) in [6.07, 6.45) is 3.33. The van der Waals surface area contributed by atoms with Gasteiger partial charge >= 0.3 is 0 Å². The molecule has 3 rings (SSSR count). The van der Waals surface area contributed by atoms with E-state index in [2.05, 4.69) is 5.32 Å². The number of nitrogens with one attached hydrogen (secondary N) is 1. The van der Waals surface area contributed by atoms with Crippen LogP contribution in [-0.4, -0.2) is 12.6 Å². The van der Waals surface area contributed by atoms with Crippen LogP contribution in [0.25, 0.3) is 0 Å². The van der Waals surface area contributed by atoms with Gasteiger partial charge in [0, 0.05) is 23.5 Å². The zero-order valence-corrected chi connectivity index (χ0v) is 12.6. The van der Waals surface area contributed by atoms with E-state index in [0.29, 0.717) is 6.04 Å². The maximum Gasteiger partial charge on any atom is 0.123 e. The Morgan fingerprint density at radius 1 is 1.14 bits per heavy atom. The van der Waals surface area contributed by atoms with Gasteiger partial charge in [-0.05, 0) is 48.6 Å². The first-order chi connectivity index (χ1) is 10.2. The number of hydrogen-bond donors (Lipinski definition) is 1. The molecule has 1 nitrogen and oxygen atoms in total. The second-order valence-electron chi connectivity index (χ2n) is 5.73. The summed E-state index contributed by atoms with van der Waals surface area (Å²) in [6.45, 7) is 0.860. The van der Waals surface area contributed by atoms with E-state index in [1.807, 2.05) is 30.3 Å². The van der Waals surface area contributed by atoms with Gasteiger partial charge in [-0.15, -0.1) is 0 Å². The minimum Gasteiger partial charge on any atom is -0.313 e. The summed E-state index contributed by atoms with van der Waals surface area (Å²) in [5.41, 5.74) is 2.15. The molecular weight excluding hydrogens is 285 g/mol. The van der Waals surface area contributed by atoms with Crippen molar-refractivity contribution in [3.8, 4) is 0 Å². The van der Waals surface area contributed by atoms with Crippen LogP contribution in [0.5, 0.6) is 0 Å². The lowest BCUT2D eigenvalue weighted by atomic mass is 9.91. The summed E-state index contributed by atoms with van der Waals surface area (Å²) in [5, 5.41) is 4.33. The molecule has 0 radical (unpaired) electrons. The Bertz CT molecular complexity index is 610. The molecule has 2 aromatic rings. The van der Waals surface area contributed by atoms with Crippen LogP contribution in [0.2, 0.25) is 5.02 Å². The van der Waals surface area contributed by atoms with Gasteiger partial charge in [0.2, 0.25) is 0 Å². The van der Waals surface area contributed by atoms with Crippen molar-refractivity contribution in [2.24, 2.45) is 0 Å². The number of rotatable bonds is 6. The third-order valence-electron chi connectivity index (χ3n) is 3.97. The Hall–Kier alpha value is -1.38. The van der Waals surface area contributed by atoms with Gasteiger partial charge in [0.25, 0.3) is 0 Å². The van der Waals surface area contributed by atoms with Gasteiger partial charge in [0.15, 0.2) is 0 Å². The van der Waals surface area contributed by atoms with Gasteiger partial charge in [0.05, 0.1) is 0 Å². The third kappa shape index (κ3) is 4.05. The van der Waals surface area contributed by atoms with Crippen molar-refractivity contribution in [1.29, 1.82) is 0 Å². The lowest BCUT2D eigenvalue weighted by Crippen LogP contribution is -2.25. The van der Waals surface area contributed by atoms with Crippen molar-refractivity contribution >= 4 is 11.6 Å². The van der Waals surface area contributed by atoms with E-state index >= 15 is 0 Å². The highest BCUT2D eigenvalue weighted by molar-refractivity contribution is 6.31. The van der Waals surface area contributed by atoms with E-state index < -0.39 is 0 Å². The summed E-state index contributed by atoms with van der Waals surface area (Å²) in [4.78, 5) is 0. The first-order valence-electron chi connectivity index (χ1n) is 7.44. The maximum atomic E-state index is 13.5. The molecule has 1 fully saturated rings. The lowest BCUT2D eigenvalue weighted by Gasteiger charge is -2.19. The molecule has 3 heteroatoms. The standard InChI is InChI=1S/C18H19ClFN/c19-18-7-2-1-4-14(18)10-15(12-21-17-8-9-17)13-5-3-6-16(20)11-13/h1-7,11,15,17,21H,8-10,12H2. The van der Waals surface area contributed by atoms with E-state index in [4.69, 9.17) is 11.6 Å². The van der Waals surface area contributed by atoms with Crippen molar-refractivity contribution in [2.75, 3.05) is 6.54 Å². The van der Waals surface area contributed by atoms with Crippen LogP contribution in [0, 0.1) is 5.82 Å². The maximum absolute atomic E-state index is 13.5. The Morgan fingerprint density at radius 3 is 2.67 bits per heavy atom. The van der Waals surface area contributed by atoms with Gasteiger partial charge in [0.1, 0.15) is 5.82 Å². The third-order valence-corrected chi connectivity index (χ3v) is 4.34. The Kier molecular flexibility index (Phi) is 4.57. The van der Waals surface area contributed by atoms with Gasteiger partial charge < -0.3 is 5.32 Å². The second kappa shape index (κ2) is 6.59. The zero-order valence-electron chi connectivity index (χ0n) is 11.9. The molecule has 1 unspecified atom stereocenters. The average molecular weight is 304 g/mol. The van der Waals surface area contributed by atoms with Gasteiger partial charge in [-0.1, -0.05) is 41.9 Å². The predicted octanol–water partition coefficient (Wildman–Crippen LogP) is 4.56. The molecule has 1 saturated carbocycles. The molecule has 1 aliphatic rings. The minimum absolute atomic E-state index is 0.178. The molecule has 0 bridgehead atoms. The Morgan fingerprint density at radius 2 is 1.95 bits per heavy atom. The molecule has 1 N–H and O–H groups in total. The normalized spacial score (nSPS) is 15.9. The molecule has 0 aromatic heterocycles. The summed E-state index contributed by atoms with van der Waals surface area (Å²) < 4.78 is 13.5. The van der Waals surface area contributed by atoms with Crippen LogP contribution in [0.1, 0.15) is 29.9 Å². The molecule has 110 valence electrons. The molecule has 21 heavy (non-hydrogen) atoms. The zero-order chi connectivity index (χ0) is 14.7. The Labute approximate surface area is 130 Å². The molecule has 0 heterocycles. The number of benzene rings is 2. The fraction of sp³-hybridized carbons (Fsp3) is 0.333. The van der Waals surface area contributed by atoms with Crippen molar-refractivity contribution in [3.05, 3.63) is 70.5 Å². The molecule has 1 aliphatic carbocycles. The molecule has 0 saturated heterocycles. The SMILES string of the molecule is Fc1cccc(C(CNC2CC2)Cc2ccccc2Cl)c1. The fourth-order valence-electron chi connectivity index (χ4n) is 2.59. The molecule has 0 spiro atoms. The number of hydrogen-bond acceptors (Lipinski definition) is 1. The molecular formula is C18H19ClFN. The summed E-state index contributed by atoms with van der Waals surface area (Å²) in [7, 11) is 0. The summed E-state index contributed by atoms with van der Waals surface area (Å²) in [5.74, 6) is 0.0595. The monoisotopic (exact) mass is 303 g/mol. The predicted molar refractivity (Wildman–Crippen MR) is 85.3 cm³/mol. The lowest BCUT2D eigenvalue weighted by molar-refractivity contribution is 0.569. The van der Waals surface area contributed by atoms with Crippen molar-refractivity contribution in [1.82, 2.24) is 5.32 Å². The molecule has 0 amide bonds. The highest BCUT2D eigenvalue weighted by Gasteiger charge is 2.23. The van der Waals surface area contributed by atoms with E-state index in [-0.39, 0.29) is 11.7 Å². The highest BCUT2D eigenvalue weighted by Crippen LogP contribution is 2.27. The summed E-state index contributed by atoms with van der Waals surface area (Å²) in [6, 6.07) is 15.4. The largest absolute Gasteiger partial charge is 0.313 e. The van der Waals surface area contributed by atoms with Crippen LogP contribution in [0.4, 0.5) is 4.39 Å². The fourth-order valence-corrected chi connectivity index (χ4v) is 2.81. The topological polar surface area (TPSA) is 12.0 Å². The molecule has 1 atom stereocenters. The van der Waals surface area contributed by atoms with Crippen LogP contribution in [0.3, 0.4) is 0 Å². The second-order valence-corrected chi connectivity index (χ2v) is 6.14. The van der Waals surface area contributed by atoms with Crippen LogP contribution in [-0.2, 0) is 6.42 Å². The van der Waals surface area contributed by atoms with Gasteiger partial charge in [-0.2, -0.15) is 0 Å². The van der Waals surface area contributed by atoms with Crippen LogP contribution < -0.4 is 5.32 Å². The van der Waals surface area contributed by atoms with Crippen LogP contribution >= 0.6 is 11.6 Å². The van der Waals surface area contributed by atoms with Gasteiger partial charge in [-0.3, -0.25) is 0 Å². The summed E-state index contributed by atoms with van der Waals surface area (Å²) >= 11 is 6.27. The van der Waals surface area contributed by atoms with E-state index in [1.165, 1.54) is 18.9 Å². The van der Waals surface area contributed by atoms with E-state index in [9.17, 15) is 4.39 Å².